The van der Waals surface area contributed by atoms with Crippen molar-refractivity contribution in [1.29, 1.82) is 0 Å². The summed E-state index contributed by atoms with van der Waals surface area (Å²) in [6.45, 7) is 2.63. The van der Waals surface area contributed by atoms with E-state index in [4.69, 9.17) is 17.3 Å². The lowest BCUT2D eigenvalue weighted by Crippen LogP contribution is -2.15. The van der Waals surface area contributed by atoms with Gasteiger partial charge in [0, 0.05) is 23.4 Å². The number of benzene rings is 2. The number of thioether (sulfide) groups is 1. The highest BCUT2D eigenvalue weighted by atomic mass is 35.5. The molecule has 0 aliphatic rings. The zero-order chi connectivity index (χ0) is 20.1. The number of primary amides is 1. The fourth-order valence-corrected chi connectivity index (χ4v) is 3.59. The number of amides is 2. The predicted octanol–water partition coefficient (Wildman–Crippen LogP) is 3.45. The molecule has 9 heteroatoms. The number of nitrogens with one attached hydrogen (secondary N) is 1. The number of aromatic nitrogens is 3. The molecule has 0 atom stereocenters. The van der Waals surface area contributed by atoms with Crippen molar-refractivity contribution in [1.82, 2.24) is 14.8 Å². The van der Waals surface area contributed by atoms with Gasteiger partial charge in [0.15, 0.2) is 11.0 Å². The summed E-state index contributed by atoms with van der Waals surface area (Å²) in [6, 6.07) is 13.8. The molecule has 0 fully saturated rings. The maximum absolute atomic E-state index is 12.2. The number of rotatable bonds is 7. The maximum Gasteiger partial charge on any atom is 0.248 e. The second-order valence-corrected chi connectivity index (χ2v) is 7.16. The fraction of sp³-hybridized carbons (Fsp3) is 0.158. The largest absolute Gasteiger partial charge is 0.366 e. The Labute approximate surface area is 171 Å². The van der Waals surface area contributed by atoms with Crippen LogP contribution in [-0.2, 0) is 11.3 Å². The lowest BCUT2D eigenvalue weighted by atomic mass is 10.2. The van der Waals surface area contributed by atoms with E-state index in [1.54, 1.807) is 30.3 Å². The van der Waals surface area contributed by atoms with Crippen molar-refractivity contribution in [3.05, 3.63) is 59.1 Å². The van der Waals surface area contributed by atoms with E-state index in [2.05, 4.69) is 15.5 Å². The molecule has 2 amide bonds. The second kappa shape index (κ2) is 8.90. The zero-order valence-electron chi connectivity index (χ0n) is 15.1. The number of halogens is 1. The van der Waals surface area contributed by atoms with Gasteiger partial charge in [-0.3, -0.25) is 9.59 Å². The lowest BCUT2D eigenvalue weighted by molar-refractivity contribution is -0.113. The van der Waals surface area contributed by atoms with Crippen LogP contribution in [0.2, 0.25) is 5.02 Å². The van der Waals surface area contributed by atoms with Crippen molar-refractivity contribution in [2.24, 2.45) is 5.73 Å². The summed E-state index contributed by atoms with van der Waals surface area (Å²) in [5.41, 5.74) is 6.97. The third-order valence-corrected chi connectivity index (χ3v) is 5.23. The molecule has 7 nitrogen and oxygen atoms in total. The lowest BCUT2D eigenvalue weighted by Gasteiger charge is -2.09. The van der Waals surface area contributed by atoms with Gasteiger partial charge in [-0.1, -0.05) is 35.5 Å². The number of carbonyl (C=O) groups is 2. The van der Waals surface area contributed by atoms with Crippen molar-refractivity contribution in [3.8, 4) is 11.4 Å². The van der Waals surface area contributed by atoms with Gasteiger partial charge in [0.25, 0.3) is 0 Å². The van der Waals surface area contributed by atoms with Crippen LogP contribution in [0.3, 0.4) is 0 Å². The van der Waals surface area contributed by atoms with Crippen LogP contribution in [0.5, 0.6) is 0 Å². The highest BCUT2D eigenvalue weighted by Gasteiger charge is 2.16. The molecule has 1 heterocycles. The standard InChI is InChI=1S/C19H18ClN5O2S/c1-2-25-18(14-5-3-4-6-15(14)20)23-24-19(25)28-11-16(26)22-13-9-7-12(8-10-13)17(21)27/h3-10H,2,11H2,1H3,(H2,21,27)(H,22,26). The number of nitrogens with zero attached hydrogens (tertiary/aromatic N) is 3. The van der Waals surface area contributed by atoms with Crippen molar-refractivity contribution in [3.63, 3.8) is 0 Å². The minimum Gasteiger partial charge on any atom is -0.366 e. The summed E-state index contributed by atoms with van der Waals surface area (Å²) >= 11 is 7.55. The summed E-state index contributed by atoms with van der Waals surface area (Å²) in [7, 11) is 0. The Morgan fingerprint density at radius 2 is 1.86 bits per heavy atom. The Morgan fingerprint density at radius 1 is 1.14 bits per heavy atom. The molecule has 144 valence electrons. The topological polar surface area (TPSA) is 103 Å². The summed E-state index contributed by atoms with van der Waals surface area (Å²) in [5.74, 6) is 0.125. The van der Waals surface area contributed by atoms with E-state index in [1.165, 1.54) is 11.8 Å². The van der Waals surface area contributed by atoms with Gasteiger partial charge in [0.1, 0.15) is 0 Å². The van der Waals surface area contributed by atoms with Gasteiger partial charge in [-0.15, -0.1) is 10.2 Å². The van der Waals surface area contributed by atoms with Crippen LogP contribution in [0.25, 0.3) is 11.4 Å². The molecule has 0 spiro atoms. The van der Waals surface area contributed by atoms with Crippen LogP contribution in [0.1, 0.15) is 17.3 Å². The average Bonchev–Trinajstić information content (AvgIpc) is 3.10. The van der Waals surface area contributed by atoms with Crippen LogP contribution in [0.4, 0.5) is 5.69 Å². The molecule has 0 aliphatic heterocycles. The Hall–Kier alpha value is -2.84. The van der Waals surface area contributed by atoms with Crippen LogP contribution >= 0.6 is 23.4 Å². The molecular formula is C19H18ClN5O2S. The molecule has 2 aromatic carbocycles. The molecule has 3 N–H and O–H groups in total. The molecular weight excluding hydrogens is 398 g/mol. The van der Waals surface area contributed by atoms with E-state index >= 15 is 0 Å². The number of hydrogen-bond acceptors (Lipinski definition) is 5. The van der Waals surface area contributed by atoms with E-state index in [0.29, 0.717) is 33.8 Å². The first-order valence-corrected chi connectivity index (χ1v) is 9.86. The molecule has 0 saturated heterocycles. The third-order valence-electron chi connectivity index (χ3n) is 3.93. The fourth-order valence-electron chi connectivity index (χ4n) is 2.57. The second-order valence-electron chi connectivity index (χ2n) is 5.81. The van der Waals surface area contributed by atoms with E-state index in [9.17, 15) is 9.59 Å². The van der Waals surface area contributed by atoms with E-state index in [0.717, 1.165) is 5.56 Å². The number of carbonyl (C=O) groups excluding carboxylic acids is 2. The average molecular weight is 416 g/mol. The molecule has 0 aliphatic carbocycles. The molecule has 3 aromatic rings. The quantitative estimate of drug-likeness (QED) is 0.575. The molecule has 0 unspecified atom stereocenters. The predicted molar refractivity (Wildman–Crippen MR) is 110 cm³/mol. The Bertz CT molecular complexity index is 1000. The Balaban J connectivity index is 1.67. The van der Waals surface area contributed by atoms with Gasteiger partial charge in [-0.05, 0) is 43.3 Å². The van der Waals surface area contributed by atoms with Gasteiger partial charge in [0.05, 0.1) is 10.8 Å². The number of anilines is 1. The third kappa shape index (κ3) is 4.52. The molecule has 28 heavy (non-hydrogen) atoms. The molecule has 1 aromatic heterocycles. The highest BCUT2D eigenvalue weighted by Crippen LogP contribution is 2.29. The highest BCUT2D eigenvalue weighted by molar-refractivity contribution is 7.99. The Kier molecular flexibility index (Phi) is 6.33. The first-order chi connectivity index (χ1) is 13.5. The smallest absolute Gasteiger partial charge is 0.248 e. The summed E-state index contributed by atoms with van der Waals surface area (Å²) in [5, 5.41) is 12.4. The van der Waals surface area contributed by atoms with Gasteiger partial charge < -0.3 is 15.6 Å². The van der Waals surface area contributed by atoms with Crippen molar-refractivity contribution in [2.45, 2.75) is 18.6 Å². The molecule has 0 radical (unpaired) electrons. The first kappa shape index (κ1) is 19.9. The number of hydrogen-bond donors (Lipinski definition) is 2. The SMILES string of the molecule is CCn1c(SCC(=O)Nc2ccc(C(N)=O)cc2)nnc1-c1ccccc1Cl. The Morgan fingerprint density at radius 3 is 2.50 bits per heavy atom. The van der Waals surface area contributed by atoms with Crippen LogP contribution in [-0.4, -0.2) is 32.3 Å². The molecule has 0 bridgehead atoms. The van der Waals surface area contributed by atoms with Gasteiger partial charge in [0.2, 0.25) is 11.8 Å². The van der Waals surface area contributed by atoms with Crippen LogP contribution < -0.4 is 11.1 Å². The summed E-state index contributed by atoms with van der Waals surface area (Å²) < 4.78 is 1.92. The van der Waals surface area contributed by atoms with Gasteiger partial charge in [-0.2, -0.15) is 0 Å². The first-order valence-electron chi connectivity index (χ1n) is 8.50. The summed E-state index contributed by atoms with van der Waals surface area (Å²) in [4.78, 5) is 23.3. The minimum absolute atomic E-state index is 0.165. The molecule has 3 rings (SSSR count). The molecule has 0 saturated carbocycles. The van der Waals surface area contributed by atoms with Crippen LogP contribution in [0, 0.1) is 0 Å². The monoisotopic (exact) mass is 415 g/mol. The van der Waals surface area contributed by atoms with E-state index in [1.807, 2.05) is 29.7 Å². The van der Waals surface area contributed by atoms with E-state index in [-0.39, 0.29) is 11.7 Å². The normalized spacial score (nSPS) is 10.6. The zero-order valence-corrected chi connectivity index (χ0v) is 16.6. The maximum atomic E-state index is 12.2. The van der Waals surface area contributed by atoms with Gasteiger partial charge in [-0.25, -0.2) is 0 Å². The van der Waals surface area contributed by atoms with E-state index < -0.39 is 5.91 Å². The van der Waals surface area contributed by atoms with Crippen molar-refractivity contribution < 1.29 is 9.59 Å². The van der Waals surface area contributed by atoms with Crippen LogP contribution in [0.15, 0.2) is 53.7 Å². The number of nitrogens with two attached hydrogens (primary N) is 1. The van der Waals surface area contributed by atoms with Gasteiger partial charge >= 0.3 is 0 Å². The summed E-state index contributed by atoms with van der Waals surface area (Å²) in [6.07, 6.45) is 0. The minimum atomic E-state index is -0.512. The van der Waals surface area contributed by atoms with Crippen molar-refractivity contribution >= 4 is 40.9 Å². The van der Waals surface area contributed by atoms with Crippen molar-refractivity contribution in [2.75, 3.05) is 11.1 Å².